The molecule has 0 saturated carbocycles. The first-order valence-electron chi connectivity index (χ1n) is 12.7. The predicted octanol–water partition coefficient (Wildman–Crippen LogP) is 6.74. The molecule has 7 nitrogen and oxygen atoms in total. The molecule has 2 aliphatic rings. The highest BCUT2D eigenvalue weighted by atomic mass is 35.5. The Hall–Kier alpha value is -3.66. The topological polar surface area (TPSA) is 92.6 Å². The van der Waals surface area contributed by atoms with E-state index >= 15 is 0 Å². The third-order valence-electron chi connectivity index (χ3n) is 6.92. The lowest BCUT2D eigenvalue weighted by atomic mass is 9.94. The molecule has 0 bridgehead atoms. The smallest absolute Gasteiger partial charge is 0.301 e. The number of nitrogens with zero attached hydrogens (tertiary/aromatic N) is 3. The van der Waals surface area contributed by atoms with Gasteiger partial charge in [0.1, 0.15) is 17.6 Å². The standard InChI is InChI=1S/C30H24ClN3O4S2/c1-16-7-9-18(10-8-16)25-24(26(35)19-11-12-23-21(14-19)13-17(2)38-23)27(36)28(37)34(25)29-32-33-30(40-29)39-15-20-5-3-4-6-22(20)31/h3-12,14,17,25,35H,13,15H2,1-2H3/b26-24+. The van der Waals surface area contributed by atoms with Gasteiger partial charge in [0.25, 0.3) is 5.78 Å². The van der Waals surface area contributed by atoms with E-state index in [0.717, 1.165) is 22.4 Å². The van der Waals surface area contributed by atoms with E-state index in [1.165, 1.54) is 28.0 Å². The van der Waals surface area contributed by atoms with Gasteiger partial charge in [0.2, 0.25) is 5.13 Å². The number of ether oxygens (including phenoxy) is 1. The number of hydrogen-bond acceptors (Lipinski definition) is 8. The molecule has 3 heterocycles. The van der Waals surface area contributed by atoms with Crippen LogP contribution in [-0.4, -0.2) is 33.1 Å². The van der Waals surface area contributed by atoms with Gasteiger partial charge in [-0.2, -0.15) is 0 Å². The lowest BCUT2D eigenvalue weighted by Crippen LogP contribution is -2.29. The predicted molar refractivity (Wildman–Crippen MR) is 157 cm³/mol. The van der Waals surface area contributed by atoms with Crippen molar-refractivity contribution in [3.63, 3.8) is 0 Å². The second-order valence-electron chi connectivity index (χ2n) is 9.77. The van der Waals surface area contributed by atoms with Gasteiger partial charge in [-0.15, -0.1) is 10.2 Å². The highest BCUT2D eigenvalue weighted by Crippen LogP contribution is 2.44. The third kappa shape index (κ3) is 4.89. The Morgan fingerprint density at radius 1 is 1.12 bits per heavy atom. The van der Waals surface area contributed by atoms with E-state index < -0.39 is 17.7 Å². The summed E-state index contributed by atoms with van der Waals surface area (Å²) in [6, 6.07) is 19.6. The Balaban J connectivity index is 1.39. The zero-order valence-electron chi connectivity index (χ0n) is 21.6. The number of aliphatic hydroxyl groups excluding tert-OH is 1. The SMILES string of the molecule is Cc1ccc(C2/C(=C(\O)c3ccc4c(c3)CC(C)O4)C(=O)C(=O)N2c2nnc(SCc3ccccc3Cl)s2)cc1. The molecule has 0 aliphatic carbocycles. The summed E-state index contributed by atoms with van der Waals surface area (Å²) in [7, 11) is 0. The van der Waals surface area contributed by atoms with Gasteiger partial charge in [0.15, 0.2) is 4.34 Å². The summed E-state index contributed by atoms with van der Waals surface area (Å²) in [6.07, 6.45) is 0.735. The molecular formula is C30H24ClN3O4S2. The molecule has 0 spiro atoms. The fourth-order valence-corrected chi connectivity index (χ4v) is 7.09. The molecule has 10 heteroatoms. The van der Waals surface area contributed by atoms with E-state index in [0.29, 0.717) is 32.7 Å². The van der Waals surface area contributed by atoms with Gasteiger partial charge in [-0.05, 0) is 54.8 Å². The number of aliphatic hydroxyl groups is 1. The van der Waals surface area contributed by atoms with Gasteiger partial charge in [0.05, 0.1) is 11.6 Å². The molecule has 40 heavy (non-hydrogen) atoms. The molecular weight excluding hydrogens is 566 g/mol. The maximum atomic E-state index is 13.5. The van der Waals surface area contributed by atoms with Crippen LogP contribution in [0.15, 0.2) is 76.6 Å². The normalized spacial score (nSPS) is 19.6. The van der Waals surface area contributed by atoms with Crippen LogP contribution in [0.25, 0.3) is 5.76 Å². The molecule has 2 unspecified atom stereocenters. The Morgan fingerprint density at radius 2 is 1.90 bits per heavy atom. The van der Waals surface area contributed by atoms with E-state index in [2.05, 4.69) is 10.2 Å². The van der Waals surface area contributed by atoms with Gasteiger partial charge in [0, 0.05) is 22.8 Å². The minimum absolute atomic E-state index is 0.0150. The van der Waals surface area contributed by atoms with E-state index in [4.69, 9.17) is 16.3 Å². The second kappa shape index (κ2) is 10.7. The molecule has 2 atom stereocenters. The van der Waals surface area contributed by atoms with Crippen LogP contribution in [0, 0.1) is 6.92 Å². The second-order valence-corrected chi connectivity index (χ2v) is 12.4. The third-order valence-corrected chi connectivity index (χ3v) is 9.39. The fourth-order valence-electron chi connectivity index (χ4n) is 4.93. The number of fused-ring (bicyclic) bond motifs is 1. The Labute approximate surface area is 244 Å². The van der Waals surface area contributed by atoms with Gasteiger partial charge < -0.3 is 9.84 Å². The first-order valence-corrected chi connectivity index (χ1v) is 14.9. The highest BCUT2D eigenvalue weighted by molar-refractivity contribution is 8.00. The molecule has 1 saturated heterocycles. The van der Waals surface area contributed by atoms with Crippen LogP contribution in [0.1, 0.15) is 40.8 Å². The number of halogens is 1. The average molecular weight is 590 g/mol. The van der Waals surface area contributed by atoms with E-state index in [9.17, 15) is 14.7 Å². The quantitative estimate of drug-likeness (QED) is 0.0875. The van der Waals surface area contributed by atoms with Crippen molar-refractivity contribution in [2.24, 2.45) is 0 Å². The summed E-state index contributed by atoms with van der Waals surface area (Å²) in [5, 5.41) is 21.0. The Morgan fingerprint density at radius 3 is 2.67 bits per heavy atom. The molecule has 4 aromatic rings. The number of Topliss-reactive ketones (excluding diaryl/α,β-unsaturated/α-hetero) is 1. The molecule has 1 aromatic heterocycles. The van der Waals surface area contributed by atoms with Gasteiger partial charge >= 0.3 is 5.91 Å². The van der Waals surface area contributed by atoms with Crippen molar-refractivity contribution in [2.45, 2.75) is 42.5 Å². The minimum atomic E-state index is -0.863. The van der Waals surface area contributed by atoms with Gasteiger partial charge in [-0.25, -0.2) is 0 Å². The van der Waals surface area contributed by atoms with Crippen molar-refractivity contribution in [1.29, 1.82) is 0 Å². The molecule has 1 N–H and O–H groups in total. The number of benzene rings is 3. The van der Waals surface area contributed by atoms with Crippen molar-refractivity contribution in [3.05, 3.63) is 105 Å². The van der Waals surface area contributed by atoms with E-state index in [1.807, 2.05) is 68.4 Å². The Bertz CT molecular complexity index is 1670. The van der Waals surface area contributed by atoms with Crippen LogP contribution < -0.4 is 9.64 Å². The van der Waals surface area contributed by atoms with Crippen LogP contribution in [0.2, 0.25) is 5.02 Å². The Kier molecular flexibility index (Phi) is 7.12. The maximum absolute atomic E-state index is 13.5. The van der Waals surface area contributed by atoms with Crippen molar-refractivity contribution < 1.29 is 19.4 Å². The number of amides is 1. The number of ketones is 1. The molecule has 0 radical (unpaired) electrons. The van der Waals surface area contributed by atoms with E-state index in [-0.39, 0.29) is 22.6 Å². The molecule has 1 fully saturated rings. The summed E-state index contributed by atoms with van der Waals surface area (Å²) in [5.41, 5.74) is 4.09. The zero-order valence-corrected chi connectivity index (χ0v) is 24.0. The lowest BCUT2D eigenvalue weighted by Gasteiger charge is -2.22. The van der Waals surface area contributed by atoms with Crippen molar-refractivity contribution >= 4 is 57.3 Å². The number of thioether (sulfide) groups is 1. The van der Waals surface area contributed by atoms with Crippen LogP contribution in [0.4, 0.5) is 5.13 Å². The van der Waals surface area contributed by atoms with Crippen LogP contribution in [0.3, 0.4) is 0 Å². The lowest BCUT2D eigenvalue weighted by molar-refractivity contribution is -0.132. The molecule has 2 aliphatic heterocycles. The summed E-state index contributed by atoms with van der Waals surface area (Å²) in [4.78, 5) is 28.3. The first kappa shape index (κ1) is 26.6. The van der Waals surface area contributed by atoms with Crippen LogP contribution in [0.5, 0.6) is 5.75 Å². The largest absolute Gasteiger partial charge is 0.507 e. The molecule has 3 aromatic carbocycles. The van der Waals surface area contributed by atoms with Gasteiger partial charge in [-0.3, -0.25) is 14.5 Å². The summed E-state index contributed by atoms with van der Waals surface area (Å²) >= 11 is 8.96. The number of carbonyl (C=O) groups excluding carboxylic acids is 2. The number of rotatable bonds is 6. The summed E-state index contributed by atoms with van der Waals surface area (Å²) < 4.78 is 6.42. The van der Waals surface area contributed by atoms with Gasteiger partial charge in [-0.1, -0.05) is 82.7 Å². The highest BCUT2D eigenvalue weighted by Gasteiger charge is 2.48. The van der Waals surface area contributed by atoms with E-state index in [1.54, 1.807) is 12.1 Å². The zero-order chi connectivity index (χ0) is 28.0. The summed E-state index contributed by atoms with van der Waals surface area (Å²) in [5.74, 6) is -0.422. The number of carbonyl (C=O) groups is 2. The number of aromatic nitrogens is 2. The fraction of sp³-hybridized carbons (Fsp3) is 0.200. The van der Waals surface area contributed by atoms with Crippen molar-refractivity contribution in [2.75, 3.05) is 4.90 Å². The van der Waals surface area contributed by atoms with Crippen LogP contribution in [-0.2, 0) is 21.8 Å². The van der Waals surface area contributed by atoms with Crippen LogP contribution >= 0.6 is 34.7 Å². The van der Waals surface area contributed by atoms with Crippen molar-refractivity contribution in [3.8, 4) is 5.75 Å². The number of hydrogen-bond donors (Lipinski definition) is 1. The molecule has 202 valence electrons. The molecule has 1 amide bonds. The summed E-state index contributed by atoms with van der Waals surface area (Å²) in [6.45, 7) is 3.94. The number of anilines is 1. The monoisotopic (exact) mass is 589 g/mol. The minimum Gasteiger partial charge on any atom is -0.507 e. The molecule has 6 rings (SSSR count). The van der Waals surface area contributed by atoms with Crippen molar-refractivity contribution in [1.82, 2.24) is 10.2 Å². The average Bonchev–Trinajstić information content (AvgIpc) is 3.63. The first-order chi connectivity index (χ1) is 19.3. The number of aryl methyl sites for hydroxylation is 1. The maximum Gasteiger partial charge on any atom is 0.301 e.